The van der Waals surface area contributed by atoms with Crippen molar-refractivity contribution in [3.8, 4) is 0 Å². The third kappa shape index (κ3) is 2.33. The van der Waals surface area contributed by atoms with Crippen LogP contribution >= 0.6 is 0 Å². The summed E-state index contributed by atoms with van der Waals surface area (Å²) < 4.78 is 12.1. The van der Waals surface area contributed by atoms with E-state index in [1.807, 2.05) is 18.4 Å². The summed E-state index contributed by atoms with van der Waals surface area (Å²) in [7, 11) is 1.32. The molecule has 1 aromatic rings. The van der Waals surface area contributed by atoms with Gasteiger partial charge in [0.25, 0.3) is 0 Å². The molecule has 0 aliphatic carbocycles. The van der Waals surface area contributed by atoms with Gasteiger partial charge in [0, 0.05) is 12.6 Å². The van der Waals surface area contributed by atoms with Crippen LogP contribution in [0.15, 0.2) is 6.33 Å². The number of nitrogen functional groups attached to an aromatic ring is 1. The van der Waals surface area contributed by atoms with E-state index < -0.39 is 5.97 Å². The fourth-order valence-corrected chi connectivity index (χ4v) is 2.35. The molecule has 100 valence electrons. The minimum absolute atomic E-state index is 0.176. The lowest BCUT2D eigenvalue weighted by Crippen LogP contribution is -2.35. The molecule has 1 unspecified atom stereocenters. The van der Waals surface area contributed by atoms with Crippen LogP contribution in [0.1, 0.15) is 43.2 Å². The van der Waals surface area contributed by atoms with Gasteiger partial charge in [0.1, 0.15) is 5.82 Å². The smallest absolute Gasteiger partial charge is 0.360 e. The monoisotopic (exact) mass is 253 g/mol. The molecule has 1 aromatic heterocycles. The number of nitrogens with two attached hydrogens (primary N) is 1. The summed E-state index contributed by atoms with van der Waals surface area (Å²) in [5.74, 6) is -0.137. The summed E-state index contributed by atoms with van der Waals surface area (Å²) in [4.78, 5) is 15.5. The molecule has 18 heavy (non-hydrogen) atoms. The molecule has 1 aliphatic rings. The lowest BCUT2D eigenvalue weighted by Gasteiger charge is -2.36. The van der Waals surface area contributed by atoms with Crippen molar-refractivity contribution in [3.05, 3.63) is 12.0 Å². The number of esters is 1. The minimum atomic E-state index is -0.502. The molecule has 0 radical (unpaired) electrons. The first-order chi connectivity index (χ1) is 8.44. The van der Waals surface area contributed by atoms with Gasteiger partial charge in [-0.05, 0) is 26.7 Å². The van der Waals surface area contributed by atoms with Crippen LogP contribution in [0.5, 0.6) is 0 Å². The molecule has 1 saturated heterocycles. The average Bonchev–Trinajstić information content (AvgIpc) is 2.69. The van der Waals surface area contributed by atoms with Crippen molar-refractivity contribution in [2.45, 2.75) is 38.3 Å². The fourth-order valence-electron chi connectivity index (χ4n) is 2.35. The number of nitrogens with zero attached hydrogens (tertiary/aromatic N) is 2. The van der Waals surface area contributed by atoms with E-state index in [9.17, 15) is 4.79 Å². The molecule has 1 aliphatic heterocycles. The number of ether oxygens (including phenoxy) is 2. The first kappa shape index (κ1) is 12.9. The summed E-state index contributed by atoms with van der Waals surface area (Å²) in [5, 5.41) is 0. The zero-order valence-electron chi connectivity index (χ0n) is 11.0. The maximum absolute atomic E-state index is 11.5. The lowest BCUT2D eigenvalue weighted by molar-refractivity contribution is -0.0688. The van der Waals surface area contributed by atoms with E-state index in [1.54, 1.807) is 6.33 Å². The summed E-state index contributed by atoms with van der Waals surface area (Å²) >= 11 is 0. The van der Waals surface area contributed by atoms with Crippen molar-refractivity contribution in [2.75, 3.05) is 19.5 Å². The number of imidazole rings is 1. The first-order valence-electron chi connectivity index (χ1n) is 5.99. The molecule has 2 heterocycles. The van der Waals surface area contributed by atoms with Crippen LogP contribution in [0, 0.1) is 0 Å². The van der Waals surface area contributed by atoms with E-state index in [4.69, 9.17) is 10.5 Å². The Morgan fingerprint density at radius 1 is 1.67 bits per heavy atom. The van der Waals surface area contributed by atoms with Crippen LogP contribution in [0.25, 0.3) is 0 Å². The Labute approximate surface area is 106 Å². The molecule has 1 fully saturated rings. The summed E-state index contributed by atoms with van der Waals surface area (Å²) in [6.45, 7) is 4.78. The van der Waals surface area contributed by atoms with Crippen LogP contribution in [-0.2, 0) is 9.47 Å². The zero-order chi connectivity index (χ0) is 13.3. The highest BCUT2D eigenvalue weighted by Gasteiger charge is 2.31. The van der Waals surface area contributed by atoms with Crippen molar-refractivity contribution in [1.29, 1.82) is 0 Å². The van der Waals surface area contributed by atoms with Crippen molar-refractivity contribution in [2.24, 2.45) is 0 Å². The number of rotatable bonds is 2. The van der Waals surface area contributed by atoms with E-state index in [0.717, 1.165) is 12.8 Å². The highest BCUT2D eigenvalue weighted by atomic mass is 16.5. The van der Waals surface area contributed by atoms with Gasteiger partial charge < -0.3 is 19.8 Å². The maximum atomic E-state index is 11.5. The van der Waals surface area contributed by atoms with Crippen LogP contribution in [0.2, 0.25) is 0 Å². The van der Waals surface area contributed by atoms with Gasteiger partial charge >= 0.3 is 5.97 Å². The molecule has 0 aromatic carbocycles. The standard InChI is InChI=1S/C12H19N3O3/c1-12(2)6-8(4-5-18-12)15-7-14-9(10(15)13)11(16)17-3/h7-8H,4-6,13H2,1-3H3. The van der Waals surface area contributed by atoms with Gasteiger partial charge in [-0.1, -0.05) is 0 Å². The molecular weight excluding hydrogens is 234 g/mol. The second-order valence-corrected chi connectivity index (χ2v) is 5.13. The highest BCUT2D eigenvalue weighted by molar-refractivity contribution is 5.92. The Bertz CT molecular complexity index is 453. The maximum Gasteiger partial charge on any atom is 0.360 e. The second kappa shape index (κ2) is 4.61. The molecule has 0 bridgehead atoms. The number of carbonyl (C=O) groups is 1. The van der Waals surface area contributed by atoms with E-state index in [2.05, 4.69) is 9.72 Å². The van der Waals surface area contributed by atoms with E-state index >= 15 is 0 Å². The van der Waals surface area contributed by atoms with Gasteiger partial charge in [0.15, 0.2) is 5.69 Å². The van der Waals surface area contributed by atoms with Gasteiger partial charge in [-0.15, -0.1) is 0 Å². The van der Waals surface area contributed by atoms with E-state index in [0.29, 0.717) is 12.4 Å². The molecule has 6 heteroatoms. The molecule has 1 atom stereocenters. The van der Waals surface area contributed by atoms with Crippen LogP contribution < -0.4 is 5.73 Å². The van der Waals surface area contributed by atoms with Crippen LogP contribution in [0.3, 0.4) is 0 Å². The SMILES string of the molecule is COC(=O)c1ncn(C2CCOC(C)(C)C2)c1N. The Hall–Kier alpha value is -1.56. The molecule has 6 nitrogen and oxygen atoms in total. The second-order valence-electron chi connectivity index (χ2n) is 5.13. The average molecular weight is 253 g/mol. The van der Waals surface area contributed by atoms with Gasteiger partial charge in [0.05, 0.1) is 19.0 Å². The van der Waals surface area contributed by atoms with Crippen molar-refractivity contribution in [3.63, 3.8) is 0 Å². The highest BCUT2D eigenvalue weighted by Crippen LogP contribution is 2.33. The Morgan fingerprint density at radius 3 is 3.00 bits per heavy atom. The number of hydrogen-bond donors (Lipinski definition) is 1. The van der Waals surface area contributed by atoms with Crippen molar-refractivity contribution in [1.82, 2.24) is 9.55 Å². The van der Waals surface area contributed by atoms with Gasteiger partial charge in [-0.3, -0.25) is 0 Å². The molecular formula is C12H19N3O3. The third-order valence-electron chi connectivity index (χ3n) is 3.28. The van der Waals surface area contributed by atoms with Gasteiger partial charge in [0.2, 0.25) is 0 Å². The first-order valence-corrected chi connectivity index (χ1v) is 5.99. The number of methoxy groups -OCH3 is 1. The predicted molar refractivity (Wildman–Crippen MR) is 66.3 cm³/mol. The molecule has 2 rings (SSSR count). The van der Waals surface area contributed by atoms with E-state index in [-0.39, 0.29) is 17.3 Å². The number of hydrogen-bond acceptors (Lipinski definition) is 5. The Kier molecular flexibility index (Phi) is 3.30. The number of carbonyl (C=O) groups excluding carboxylic acids is 1. The summed E-state index contributed by atoms with van der Waals surface area (Å²) in [6, 6.07) is 0.208. The topological polar surface area (TPSA) is 79.4 Å². The summed E-state index contributed by atoms with van der Waals surface area (Å²) in [6.07, 6.45) is 3.31. The fraction of sp³-hybridized carbons (Fsp3) is 0.667. The van der Waals surface area contributed by atoms with Crippen LogP contribution in [0.4, 0.5) is 5.82 Å². The summed E-state index contributed by atoms with van der Waals surface area (Å²) in [5.41, 5.74) is 5.96. The Morgan fingerprint density at radius 2 is 2.39 bits per heavy atom. The van der Waals surface area contributed by atoms with Gasteiger partial charge in [-0.2, -0.15) is 0 Å². The number of aromatic nitrogens is 2. The quantitative estimate of drug-likeness (QED) is 0.805. The van der Waals surface area contributed by atoms with Gasteiger partial charge in [-0.25, -0.2) is 9.78 Å². The van der Waals surface area contributed by atoms with Crippen molar-refractivity contribution >= 4 is 11.8 Å². The predicted octanol–water partition coefficient (Wildman–Crippen LogP) is 1.38. The number of anilines is 1. The normalized spacial score (nSPS) is 22.7. The van der Waals surface area contributed by atoms with Crippen molar-refractivity contribution < 1.29 is 14.3 Å². The third-order valence-corrected chi connectivity index (χ3v) is 3.28. The molecule has 2 N–H and O–H groups in total. The Balaban J connectivity index is 2.24. The van der Waals surface area contributed by atoms with E-state index in [1.165, 1.54) is 7.11 Å². The van der Waals surface area contributed by atoms with Crippen LogP contribution in [-0.4, -0.2) is 34.8 Å². The molecule has 0 saturated carbocycles. The minimum Gasteiger partial charge on any atom is -0.464 e. The molecule has 0 spiro atoms. The zero-order valence-corrected chi connectivity index (χ0v) is 11.0. The largest absolute Gasteiger partial charge is 0.464 e. The lowest BCUT2D eigenvalue weighted by atomic mass is 9.94. The molecule has 0 amide bonds.